The molecule has 0 atom stereocenters. The number of halogens is 2. The van der Waals surface area contributed by atoms with Crippen LogP contribution >= 0.6 is 0 Å². The molecule has 30 heavy (non-hydrogen) atoms. The summed E-state index contributed by atoms with van der Waals surface area (Å²) in [5, 5.41) is 0. The molecule has 6 heteroatoms. The number of imidazole rings is 1. The van der Waals surface area contributed by atoms with Crippen LogP contribution in [0.3, 0.4) is 0 Å². The fourth-order valence-electron chi connectivity index (χ4n) is 4.27. The van der Waals surface area contributed by atoms with Gasteiger partial charge in [-0.25, -0.2) is 13.8 Å². The van der Waals surface area contributed by atoms with Gasteiger partial charge in [-0.1, -0.05) is 18.7 Å². The Morgan fingerprint density at radius 3 is 2.23 bits per heavy atom. The first kappa shape index (κ1) is 20.3. The van der Waals surface area contributed by atoms with Crippen molar-refractivity contribution in [3.05, 3.63) is 89.5 Å². The molecule has 0 saturated carbocycles. The van der Waals surface area contributed by atoms with E-state index < -0.39 is 5.54 Å². The number of nitrogens with zero attached hydrogens (tertiary/aromatic N) is 3. The zero-order chi connectivity index (χ0) is 21.5. The van der Waals surface area contributed by atoms with Crippen LogP contribution < -0.4 is 5.73 Å². The van der Waals surface area contributed by atoms with Crippen molar-refractivity contribution in [3.8, 4) is 11.3 Å². The fourth-order valence-corrected chi connectivity index (χ4v) is 4.27. The fraction of sp³-hybridized carbons (Fsp3) is 0.292. The Kier molecular flexibility index (Phi) is 5.20. The monoisotopic (exact) mass is 408 g/mol. The Labute approximate surface area is 175 Å². The first-order chi connectivity index (χ1) is 14.3. The average Bonchev–Trinajstić information content (AvgIpc) is 3.09. The number of hydrogen-bond donors (Lipinski definition) is 1. The third kappa shape index (κ3) is 3.52. The second kappa shape index (κ2) is 7.69. The van der Waals surface area contributed by atoms with Crippen LogP contribution in [0.4, 0.5) is 8.78 Å². The van der Waals surface area contributed by atoms with E-state index in [1.54, 1.807) is 24.3 Å². The van der Waals surface area contributed by atoms with Gasteiger partial charge in [0.15, 0.2) is 0 Å². The number of hydrogen-bond acceptors (Lipinski definition) is 3. The largest absolute Gasteiger partial charge is 0.360 e. The van der Waals surface area contributed by atoms with Crippen LogP contribution in [0.25, 0.3) is 11.3 Å². The standard InChI is InChI=1S/C24H26F2N4/c1-16(15-27)30-13-12-29-21(14-17-4-8-19(25)9-5-17)22(28-23(29)24(30,2)3)18-6-10-20(26)11-7-18/h4-11H,1,12-15,27H2,2-3H3. The second-order valence-electron chi connectivity index (χ2n) is 8.17. The minimum Gasteiger partial charge on any atom is -0.360 e. The van der Waals surface area contributed by atoms with Crippen LogP contribution in [0.5, 0.6) is 0 Å². The Morgan fingerprint density at radius 1 is 1.03 bits per heavy atom. The number of rotatable bonds is 5. The Balaban J connectivity index is 1.85. The molecule has 0 radical (unpaired) electrons. The van der Waals surface area contributed by atoms with E-state index in [1.165, 1.54) is 24.3 Å². The van der Waals surface area contributed by atoms with Gasteiger partial charge in [0.1, 0.15) is 17.5 Å². The Bertz CT molecular complexity index is 1070. The topological polar surface area (TPSA) is 47.1 Å². The van der Waals surface area contributed by atoms with Crippen LogP contribution in [-0.4, -0.2) is 27.5 Å². The molecule has 0 spiro atoms. The molecule has 1 aliphatic rings. The molecule has 2 N–H and O–H groups in total. The molecule has 1 aromatic heterocycles. The number of aromatic nitrogens is 2. The van der Waals surface area contributed by atoms with E-state index in [4.69, 9.17) is 10.7 Å². The summed E-state index contributed by atoms with van der Waals surface area (Å²) in [4.78, 5) is 7.23. The molecule has 0 bridgehead atoms. The number of benzene rings is 2. The molecule has 2 aromatic carbocycles. The molecule has 4 nitrogen and oxygen atoms in total. The highest BCUT2D eigenvalue weighted by Gasteiger charge is 2.39. The van der Waals surface area contributed by atoms with E-state index in [1.807, 2.05) is 0 Å². The zero-order valence-electron chi connectivity index (χ0n) is 17.3. The van der Waals surface area contributed by atoms with Crippen molar-refractivity contribution in [2.45, 2.75) is 32.4 Å². The Hall–Kier alpha value is -2.99. The van der Waals surface area contributed by atoms with Gasteiger partial charge in [-0.2, -0.15) is 0 Å². The molecular formula is C24H26F2N4. The van der Waals surface area contributed by atoms with Gasteiger partial charge in [-0.05, 0) is 55.8 Å². The molecule has 0 aliphatic carbocycles. The molecular weight excluding hydrogens is 382 g/mol. The van der Waals surface area contributed by atoms with E-state index in [9.17, 15) is 8.78 Å². The van der Waals surface area contributed by atoms with Crippen molar-refractivity contribution < 1.29 is 8.78 Å². The van der Waals surface area contributed by atoms with Gasteiger partial charge in [-0.3, -0.25) is 0 Å². The minimum absolute atomic E-state index is 0.259. The van der Waals surface area contributed by atoms with Crippen molar-refractivity contribution in [1.82, 2.24) is 14.5 Å². The van der Waals surface area contributed by atoms with Gasteiger partial charge in [0.25, 0.3) is 0 Å². The van der Waals surface area contributed by atoms with Crippen LogP contribution in [0.15, 0.2) is 60.8 Å². The predicted octanol–water partition coefficient (Wildman–Crippen LogP) is 4.44. The van der Waals surface area contributed by atoms with Gasteiger partial charge >= 0.3 is 0 Å². The highest BCUT2D eigenvalue weighted by molar-refractivity contribution is 5.63. The molecule has 3 aromatic rings. The van der Waals surface area contributed by atoms with Crippen LogP contribution in [0, 0.1) is 11.6 Å². The first-order valence-corrected chi connectivity index (χ1v) is 10.1. The molecule has 0 saturated heterocycles. The summed E-state index contributed by atoms with van der Waals surface area (Å²) >= 11 is 0. The summed E-state index contributed by atoms with van der Waals surface area (Å²) in [6.07, 6.45) is 0.605. The van der Waals surface area contributed by atoms with Crippen molar-refractivity contribution in [1.29, 1.82) is 0 Å². The van der Waals surface area contributed by atoms with Crippen LogP contribution in [0.2, 0.25) is 0 Å². The SMILES string of the molecule is C=C(CN)N1CCn2c(nc(-c3ccc(F)cc3)c2Cc2ccc(F)cc2)C1(C)C. The van der Waals surface area contributed by atoms with E-state index in [2.05, 4.69) is 29.9 Å². The quantitative estimate of drug-likeness (QED) is 0.679. The molecule has 0 unspecified atom stereocenters. The highest BCUT2D eigenvalue weighted by atomic mass is 19.1. The normalized spacial score (nSPS) is 15.2. The first-order valence-electron chi connectivity index (χ1n) is 10.1. The number of fused-ring (bicyclic) bond motifs is 1. The molecule has 1 aliphatic heterocycles. The molecule has 4 rings (SSSR count). The van der Waals surface area contributed by atoms with Gasteiger partial charge in [-0.15, -0.1) is 0 Å². The lowest BCUT2D eigenvalue weighted by atomic mass is 9.98. The Morgan fingerprint density at radius 2 is 1.63 bits per heavy atom. The lowest BCUT2D eigenvalue weighted by Crippen LogP contribution is -2.49. The molecule has 0 amide bonds. The zero-order valence-corrected chi connectivity index (χ0v) is 17.3. The van der Waals surface area contributed by atoms with Crippen molar-refractivity contribution in [2.75, 3.05) is 13.1 Å². The van der Waals surface area contributed by atoms with E-state index in [0.29, 0.717) is 13.0 Å². The maximum absolute atomic E-state index is 13.5. The van der Waals surface area contributed by atoms with Crippen LogP contribution in [-0.2, 0) is 18.5 Å². The minimum atomic E-state index is -0.398. The van der Waals surface area contributed by atoms with E-state index >= 15 is 0 Å². The van der Waals surface area contributed by atoms with Gasteiger partial charge in [0.2, 0.25) is 0 Å². The second-order valence-corrected chi connectivity index (χ2v) is 8.17. The van der Waals surface area contributed by atoms with Crippen molar-refractivity contribution >= 4 is 0 Å². The molecule has 156 valence electrons. The summed E-state index contributed by atoms with van der Waals surface area (Å²) in [5.41, 5.74) is 10.0. The summed E-state index contributed by atoms with van der Waals surface area (Å²) in [5.74, 6) is 0.373. The van der Waals surface area contributed by atoms with Gasteiger partial charge < -0.3 is 15.2 Å². The summed E-state index contributed by atoms with van der Waals surface area (Å²) < 4.78 is 29.2. The smallest absolute Gasteiger partial charge is 0.135 e. The summed E-state index contributed by atoms with van der Waals surface area (Å²) in [7, 11) is 0. The van der Waals surface area contributed by atoms with Gasteiger partial charge in [0, 0.05) is 37.3 Å². The highest BCUT2D eigenvalue weighted by Crippen LogP contribution is 2.38. The van der Waals surface area contributed by atoms with Crippen LogP contribution in [0.1, 0.15) is 30.9 Å². The molecule has 2 heterocycles. The average molecular weight is 408 g/mol. The van der Waals surface area contributed by atoms with E-state index in [-0.39, 0.29) is 11.6 Å². The van der Waals surface area contributed by atoms with Crippen molar-refractivity contribution in [3.63, 3.8) is 0 Å². The summed E-state index contributed by atoms with van der Waals surface area (Å²) in [6, 6.07) is 12.9. The maximum Gasteiger partial charge on any atom is 0.135 e. The number of nitrogens with two attached hydrogens (primary N) is 1. The lowest BCUT2D eigenvalue weighted by Gasteiger charge is -2.44. The predicted molar refractivity (Wildman–Crippen MR) is 115 cm³/mol. The lowest BCUT2D eigenvalue weighted by molar-refractivity contribution is 0.116. The van der Waals surface area contributed by atoms with Gasteiger partial charge in [0.05, 0.1) is 16.9 Å². The van der Waals surface area contributed by atoms with Crippen molar-refractivity contribution in [2.24, 2.45) is 5.73 Å². The maximum atomic E-state index is 13.5. The third-order valence-electron chi connectivity index (χ3n) is 5.86. The third-order valence-corrected chi connectivity index (χ3v) is 5.86. The van der Waals surface area contributed by atoms with E-state index in [0.717, 1.165) is 47.1 Å². The summed E-state index contributed by atoms with van der Waals surface area (Å²) in [6.45, 7) is 10.2. The molecule has 0 fully saturated rings.